The summed E-state index contributed by atoms with van der Waals surface area (Å²) >= 11 is 1.55. The molecular formula is C23H20O2S. The summed E-state index contributed by atoms with van der Waals surface area (Å²) in [5, 5.41) is 0. The van der Waals surface area contributed by atoms with Gasteiger partial charge in [-0.15, -0.1) is 11.8 Å². The van der Waals surface area contributed by atoms with Crippen molar-refractivity contribution in [2.45, 2.75) is 4.90 Å². The van der Waals surface area contributed by atoms with Gasteiger partial charge in [-0.25, -0.2) is 4.79 Å². The lowest BCUT2D eigenvalue weighted by Crippen LogP contribution is -2.06. The van der Waals surface area contributed by atoms with E-state index in [2.05, 4.69) is 12.1 Å². The standard InChI is InChI=1S/C23H20O2S/c1-25-23(24)22-19(14-13-17-9-5-3-6-10-17)15-20(16-21(22)26-2)18-11-7-4-8-12-18/h3-16H,1-2H3/b14-13+. The Labute approximate surface area is 158 Å². The van der Waals surface area contributed by atoms with Gasteiger partial charge in [0, 0.05) is 4.90 Å². The van der Waals surface area contributed by atoms with Gasteiger partial charge in [-0.05, 0) is 40.6 Å². The highest BCUT2D eigenvalue weighted by atomic mass is 32.2. The Balaban J connectivity index is 2.15. The number of carbonyl (C=O) groups excluding carboxylic acids is 1. The van der Waals surface area contributed by atoms with Crippen LogP contribution in [0.5, 0.6) is 0 Å². The Morgan fingerprint density at radius 3 is 2.15 bits per heavy atom. The van der Waals surface area contributed by atoms with E-state index >= 15 is 0 Å². The SMILES string of the molecule is COC(=O)c1c(/C=C/c2ccccc2)cc(-c2ccccc2)cc1SC. The molecule has 0 aliphatic heterocycles. The van der Waals surface area contributed by atoms with E-state index in [1.807, 2.05) is 79.1 Å². The molecule has 0 aliphatic carbocycles. The molecule has 0 fully saturated rings. The molecule has 0 spiro atoms. The maximum absolute atomic E-state index is 12.4. The van der Waals surface area contributed by atoms with E-state index in [-0.39, 0.29) is 5.97 Å². The zero-order valence-electron chi connectivity index (χ0n) is 14.8. The smallest absolute Gasteiger partial charge is 0.339 e. The van der Waals surface area contributed by atoms with Crippen molar-refractivity contribution in [2.24, 2.45) is 0 Å². The number of carbonyl (C=O) groups is 1. The molecule has 3 aromatic rings. The van der Waals surface area contributed by atoms with Crippen LogP contribution >= 0.6 is 11.8 Å². The summed E-state index contributed by atoms with van der Waals surface area (Å²) in [6.45, 7) is 0. The van der Waals surface area contributed by atoms with Gasteiger partial charge in [0.2, 0.25) is 0 Å². The minimum atomic E-state index is -0.318. The zero-order valence-corrected chi connectivity index (χ0v) is 15.6. The summed E-state index contributed by atoms with van der Waals surface area (Å²) in [6.07, 6.45) is 5.97. The van der Waals surface area contributed by atoms with Crippen molar-refractivity contribution >= 4 is 29.9 Å². The third-order valence-corrected chi connectivity index (χ3v) is 4.87. The van der Waals surface area contributed by atoms with Crippen LogP contribution in [0, 0.1) is 0 Å². The highest BCUT2D eigenvalue weighted by Gasteiger charge is 2.17. The van der Waals surface area contributed by atoms with Crippen LogP contribution in [-0.4, -0.2) is 19.3 Å². The summed E-state index contributed by atoms with van der Waals surface area (Å²) in [5.74, 6) is -0.318. The van der Waals surface area contributed by atoms with Crippen molar-refractivity contribution in [1.82, 2.24) is 0 Å². The van der Waals surface area contributed by atoms with Crippen molar-refractivity contribution < 1.29 is 9.53 Å². The number of thioether (sulfide) groups is 1. The van der Waals surface area contributed by atoms with E-state index < -0.39 is 0 Å². The molecule has 3 aromatic carbocycles. The van der Waals surface area contributed by atoms with Gasteiger partial charge in [-0.1, -0.05) is 72.8 Å². The van der Waals surface area contributed by atoms with Crippen LogP contribution < -0.4 is 0 Å². The van der Waals surface area contributed by atoms with Crippen LogP contribution in [0.3, 0.4) is 0 Å². The molecule has 3 rings (SSSR count). The van der Waals surface area contributed by atoms with Crippen molar-refractivity contribution in [2.75, 3.05) is 13.4 Å². The highest BCUT2D eigenvalue weighted by molar-refractivity contribution is 7.98. The molecule has 26 heavy (non-hydrogen) atoms. The van der Waals surface area contributed by atoms with Crippen LogP contribution in [0.1, 0.15) is 21.5 Å². The summed E-state index contributed by atoms with van der Waals surface area (Å²) in [6, 6.07) is 24.3. The van der Waals surface area contributed by atoms with Gasteiger partial charge in [0.05, 0.1) is 12.7 Å². The van der Waals surface area contributed by atoms with E-state index in [1.54, 1.807) is 11.8 Å². The van der Waals surface area contributed by atoms with Crippen molar-refractivity contribution in [3.8, 4) is 11.1 Å². The average molecular weight is 360 g/mol. The Kier molecular flexibility index (Phi) is 5.92. The lowest BCUT2D eigenvalue weighted by atomic mass is 9.98. The third kappa shape index (κ3) is 4.06. The Morgan fingerprint density at radius 1 is 0.885 bits per heavy atom. The number of benzene rings is 3. The predicted molar refractivity (Wildman–Crippen MR) is 110 cm³/mol. The maximum atomic E-state index is 12.4. The second-order valence-corrected chi connectivity index (χ2v) is 6.59. The molecule has 0 heterocycles. The van der Waals surface area contributed by atoms with E-state index in [9.17, 15) is 4.79 Å². The van der Waals surface area contributed by atoms with Crippen molar-refractivity contribution in [3.63, 3.8) is 0 Å². The molecule has 0 N–H and O–H groups in total. The van der Waals surface area contributed by atoms with Crippen molar-refractivity contribution in [1.29, 1.82) is 0 Å². The summed E-state index contributed by atoms with van der Waals surface area (Å²) in [7, 11) is 1.42. The summed E-state index contributed by atoms with van der Waals surface area (Å²) in [4.78, 5) is 13.3. The first-order chi connectivity index (χ1) is 12.7. The Bertz CT molecular complexity index is 916. The second kappa shape index (κ2) is 8.54. The van der Waals surface area contributed by atoms with E-state index in [0.717, 1.165) is 27.1 Å². The van der Waals surface area contributed by atoms with Gasteiger partial charge in [-0.3, -0.25) is 0 Å². The fourth-order valence-corrected chi connectivity index (χ4v) is 3.45. The summed E-state index contributed by atoms with van der Waals surface area (Å²) in [5.41, 5.74) is 4.74. The first-order valence-corrected chi connectivity index (χ1v) is 9.54. The molecule has 0 radical (unpaired) electrons. The average Bonchev–Trinajstić information content (AvgIpc) is 2.72. The minimum Gasteiger partial charge on any atom is -0.465 e. The molecule has 0 saturated heterocycles. The first kappa shape index (κ1) is 18.0. The van der Waals surface area contributed by atoms with Crippen LogP contribution in [0.2, 0.25) is 0 Å². The molecule has 0 atom stereocenters. The molecule has 3 heteroatoms. The summed E-state index contributed by atoms with van der Waals surface area (Å²) < 4.78 is 5.03. The van der Waals surface area contributed by atoms with Gasteiger partial charge in [0.15, 0.2) is 0 Å². The van der Waals surface area contributed by atoms with Gasteiger partial charge in [-0.2, -0.15) is 0 Å². The van der Waals surface area contributed by atoms with Crippen LogP contribution in [0.4, 0.5) is 0 Å². The normalized spacial score (nSPS) is 10.8. The Hall–Kier alpha value is -2.78. The van der Waals surface area contributed by atoms with Gasteiger partial charge >= 0.3 is 5.97 Å². The number of esters is 1. The quantitative estimate of drug-likeness (QED) is 0.315. The third-order valence-electron chi connectivity index (χ3n) is 4.10. The molecule has 130 valence electrons. The number of hydrogen-bond donors (Lipinski definition) is 0. The molecule has 0 bridgehead atoms. The van der Waals surface area contributed by atoms with E-state index in [1.165, 1.54) is 7.11 Å². The molecular weight excluding hydrogens is 340 g/mol. The van der Waals surface area contributed by atoms with Crippen LogP contribution in [0.15, 0.2) is 77.7 Å². The number of methoxy groups -OCH3 is 1. The van der Waals surface area contributed by atoms with Gasteiger partial charge < -0.3 is 4.74 Å². The lowest BCUT2D eigenvalue weighted by Gasteiger charge is -2.13. The largest absolute Gasteiger partial charge is 0.465 e. The van der Waals surface area contributed by atoms with Crippen LogP contribution in [0.25, 0.3) is 23.3 Å². The topological polar surface area (TPSA) is 26.3 Å². The van der Waals surface area contributed by atoms with Gasteiger partial charge in [0.1, 0.15) is 0 Å². The Morgan fingerprint density at radius 2 is 1.54 bits per heavy atom. The van der Waals surface area contributed by atoms with Crippen molar-refractivity contribution in [3.05, 3.63) is 89.5 Å². The number of ether oxygens (including phenoxy) is 1. The minimum absolute atomic E-state index is 0.318. The maximum Gasteiger partial charge on any atom is 0.339 e. The predicted octanol–water partition coefficient (Wildman–Crippen LogP) is 6.03. The number of rotatable bonds is 5. The molecule has 0 aliphatic rings. The fraction of sp³-hybridized carbons (Fsp3) is 0.0870. The zero-order chi connectivity index (χ0) is 18.4. The van der Waals surface area contributed by atoms with E-state index in [0.29, 0.717) is 5.56 Å². The second-order valence-electron chi connectivity index (χ2n) is 5.74. The molecule has 2 nitrogen and oxygen atoms in total. The molecule has 0 aromatic heterocycles. The molecule has 0 amide bonds. The van der Waals surface area contributed by atoms with Gasteiger partial charge in [0.25, 0.3) is 0 Å². The van der Waals surface area contributed by atoms with E-state index in [4.69, 9.17) is 4.74 Å². The fourth-order valence-electron chi connectivity index (χ4n) is 2.80. The number of hydrogen-bond acceptors (Lipinski definition) is 3. The molecule has 0 unspecified atom stereocenters. The lowest BCUT2D eigenvalue weighted by molar-refractivity contribution is 0.0596. The van der Waals surface area contributed by atoms with Crippen LogP contribution in [-0.2, 0) is 4.74 Å². The monoisotopic (exact) mass is 360 g/mol. The highest BCUT2D eigenvalue weighted by Crippen LogP contribution is 2.32. The first-order valence-electron chi connectivity index (χ1n) is 8.32. The molecule has 0 saturated carbocycles.